The third kappa shape index (κ3) is 5.46. The summed E-state index contributed by atoms with van der Waals surface area (Å²) in [5, 5.41) is 5.35. The molecule has 13 heteroatoms. The lowest BCUT2D eigenvalue weighted by Gasteiger charge is -2.40. The molecule has 4 aromatic rings. The number of thiophene rings is 1. The predicted octanol–water partition coefficient (Wildman–Crippen LogP) is 2.72. The van der Waals surface area contributed by atoms with Crippen LogP contribution in [0, 0.1) is 0 Å². The quantitative estimate of drug-likeness (QED) is 0.292. The van der Waals surface area contributed by atoms with E-state index in [4.69, 9.17) is 22.1 Å². The zero-order valence-electron chi connectivity index (χ0n) is 20.6. The molecule has 1 aliphatic rings. The van der Waals surface area contributed by atoms with Crippen LogP contribution in [0.5, 0.6) is 0 Å². The van der Waals surface area contributed by atoms with Gasteiger partial charge in [0, 0.05) is 48.4 Å². The van der Waals surface area contributed by atoms with Crippen molar-refractivity contribution in [2.45, 2.75) is 16.8 Å². The number of rotatable bonds is 9. The lowest BCUT2D eigenvalue weighted by molar-refractivity contribution is -0.138. The number of halogens is 1. The number of carbonyl (C=O) groups is 1. The lowest BCUT2D eigenvalue weighted by Crippen LogP contribution is -2.60. The molecule has 0 bridgehead atoms. The van der Waals surface area contributed by atoms with Crippen LogP contribution in [0.2, 0.25) is 5.02 Å². The van der Waals surface area contributed by atoms with Crippen molar-refractivity contribution in [1.29, 1.82) is 0 Å². The van der Waals surface area contributed by atoms with E-state index in [0.29, 0.717) is 42.6 Å². The number of fused-ring (bicyclic) bond motifs is 2. The monoisotopic (exact) mass is 574 g/mol. The molecular formula is C25H27ClN6O4S2. The van der Waals surface area contributed by atoms with Crippen molar-refractivity contribution < 1.29 is 17.9 Å². The fourth-order valence-electron chi connectivity index (χ4n) is 4.52. The number of carbonyl (C=O) groups excluding carboxylic acids is 1. The number of methoxy groups -OCH3 is 1. The Bertz CT molecular complexity index is 1600. The number of hydrogen-bond donors (Lipinski definition) is 2. The van der Waals surface area contributed by atoms with Gasteiger partial charge in [-0.1, -0.05) is 23.7 Å². The maximum absolute atomic E-state index is 13.6. The Kier molecular flexibility index (Phi) is 7.80. The molecule has 0 saturated carbocycles. The molecular weight excluding hydrogens is 548 g/mol. The number of ether oxygens (including phenoxy) is 1. The minimum Gasteiger partial charge on any atom is -0.383 e. The molecule has 0 radical (unpaired) electrons. The molecule has 2 aromatic heterocycles. The first-order valence-corrected chi connectivity index (χ1v) is 14.6. The Labute approximate surface area is 229 Å². The van der Waals surface area contributed by atoms with Crippen LogP contribution in [-0.2, 0) is 26.1 Å². The summed E-state index contributed by atoms with van der Waals surface area (Å²) in [6.45, 7) is 1.71. The normalized spacial score (nSPS) is 17.1. The predicted molar refractivity (Wildman–Crippen MR) is 149 cm³/mol. The fraction of sp³-hybridized carbons (Fsp3) is 0.320. The van der Waals surface area contributed by atoms with Crippen LogP contribution >= 0.6 is 22.9 Å². The van der Waals surface area contributed by atoms with E-state index in [-0.39, 0.29) is 23.2 Å². The highest BCUT2D eigenvalue weighted by Crippen LogP contribution is 2.33. The van der Waals surface area contributed by atoms with Crippen LogP contribution in [0.1, 0.15) is 5.56 Å². The number of piperazine rings is 1. The maximum atomic E-state index is 13.6. The molecule has 0 aliphatic carbocycles. The van der Waals surface area contributed by atoms with Crippen molar-refractivity contribution in [1.82, 2.24) is 24.5 Å². The molecule has 38 heavy (non-hydrogen) atoms. The van der Waals surface area contributed by atoms with Gasteiger partial charge in [0.05, 0.1) is 24.7 Å². The average molecular weight is 575 g/mol. The van der Waals surface area contributed by atoms with Gasteiger partial charge < -0.3 is 20.7 Å². The van der Waals surface area contributed by atoms with E-state index in [2.05, 4.69) is 15.3 Å². The Morgan fingerprint density at radius 3 is 2.87 bits per heavy atom. The molecule has 1 atom stereocenters. The fourth-order valence-corrected chi connectivity index (χ4v) is 7.77. The standard InChI is InChI=1S/C25H27ClN6O4S2/c1-36-7-6-28-11-19-13-31(38(34,35)24-9-17-3-4-18(26)10-22(17)37-24)14-23(33)32(19)12-16-2-5-20-21(8-16)29-15-30-25(20)27/h2-5,8-10,15,19,28H,6-7,11-14H2,1H3,(H2,27,29,30)/t19-/m0/s1. The van der Waals surface area contributed by atoms with Crippen LogP contribution in [0.4, 0.5) is 5.82 Å². The molecule has 1 aliphatic heterocycles. The van der Waals surface area contributed by atoms with Gasteiger partial charge >= 0.3 is 0 Å². The van der Waals surface area contributed by atoms with Gasteiger partial charge in [0.1, 0.15) is 16.4 Å². The van der Waals surface area contributed by atoms with Crippen molar-refractivity contribution in [3.63, 3.8) is 0 Å². The summed E-state index contributed by atoms with van der Waals surface area (Å²) < 4.78 is 34.6. The molecule has 0 spiro atoms. The highest BCUT2D eigenvalue weighted by molar-refractivity contribution is 7.91. The topological polar surface area (TPSA) is 131 Å². The molecule has 200 valence electrons. The van der Waals surface area contributed by atoms with E-state index in [9.17, 15) is 13.2 Å². The summed E-state index contributed by atoms with van der Waals surface area (Å²) >= 11 is 7.24. The number of nitrogens with zero attached hydrogens (tertiary/aromatic N) is 4. The number of hydrogen-bond acceptors (Lipinski definition) is 9. The second-order valence-electron chi connectivity index (χ2n) is 9.03. The average Bonchev–Trinajstić information content (AvgIpc) is 3.32. The van der Waals surface area contributed by atoms with Gasteiger partial charge in [0.15, 0.2) is 0 Å². The third-order valence-corrected chi connectivity index (χ3v) is 10.1. The van der Waals surface area contributed by atoms with Crippen molar-refractivity contribution >= 4 is 65.7 Å². The number of benzene rings is 2. The molecule has 3 heterocycles. The van der Waals surface area contributed by atoms with Crippen LogP contribution in [0.25, 0.3) is 21.0 Å². The van der Waals surface area contributed by atoms with Gasteiger partial charge in [0.25, 0.3) is 10.0 Å². The second kappa shape index (κ2) is 11.1. The van der Waals surface area contributed by atoms with E-state index in [1.54, 1.807) is 36.3 Å². The molecule has 3 N–H and O–H groups in total. The minimum atomic E-state index is -3.89. The van der Waals surface area contributed by atoms with E-state index >= 15 is 0 Å². The highest BCUT2D eigenvalue weighted by atomic mass is 35.5. The van der Waals surface area contributed by atoms with Crippen LogP contribution < -0.4 is 11.1 Å². The van der Waals surface area contributed by atoms with E-state index in [1.165, 1.54) is 10.6 Å². The molecule has 1 amide bonds. The van der Waals surface area contributed by atoms with E-state index in [0.717, 1.165) is 32.4 Å². The summed E-state index contributed by atoms with van der Waals surface area (Å²) in [4.78, 5) is 23.5. The lowest BCUT2D eigenvalue weighted by atomic mass is 10.1. The van der Waals surface area contributed by atoms with Gasteiger partial charge in [-0.15, -0.1) is 11.3 Å². The van der Waals surface area contributed by atoms with Crippen LogP contribution in [-0.4, -0.2) is 79.4 Å². The number of nitrogens with two attached hydrogens (primary N) is 1. The largest absolute Gasteiger partial charge is 0.383 e. The molecule has 1 saturated heterocycles. The van der Waals surface area contributed by atoms with Crippen molar-refractivity contribution in [2.75, 3.05) is 45.6 Å². The first-order valence-electron chi connectivity index (χ1n) is 11.9. The van der Waals surface area contributed by atoms with Gasteiger partial charge in [-0.25, -0.2) is 18.4 Å². The van der Waals surface area contributed by atoms with Crippen molar-refractivity contribution in [3.05, 3.63) is 59.4 Å². The molecule has 5 rings (SSSR count). The SMILES string of the molecule is COCCNC[C@H]1CN(S(=O)(=O)c2cc3ccc(Cl)cc3s2)CC(=O)N1Cc1ccc2c(N)ncnc2c1. The Balaban J connectivity index is 1.40. The molecule has 2 aromatic carbocycles. The smallest absolute Gasteiger partial charge is 0.253 e. The summed E-state index contributed by atoms with van der Waals surface area (Å²) in [7, 11) is -2.28. The van der Waals surface area contributed by atoms with Gasteiger partial charge in [-0.3, -0.25) is 4.79 Å². The summed E-state index contributed by atoms with van der Waals surface area (Å²) in [6.07, 6.45) is 1.40. The van der Waals surface area contributed by atoms with Gasteiger partial charge in [0.2, 0.25) is 5.91 Å². The first kappa shape index (κ1) is 26.7. The van der Waals surface area contributed by atoms with Crippen LogP contribution in [0.15, 0.2) is 53.0 Å². The number of nitrogen functional groups attached to an aromatic ring is 1. The van der Waals surface area contributed by atoms with E-state index in [1.807, 2.05) is 18.2 Å². The number of nitrogens with one attached hydrogen (secondary N) is 1. The summed E-state index contributed by atoms with van der Waals surface area (Å²) in [5.41, 5.74) is 7.50. The van der Waals surface area contributed by atoms with Crippen molar-refractivity contribution in [2.24, 2.45) is 0 Å². The maximum Gasteiger partial charge on any atom is 0.253 e. The zero-order chi connectivity index (χ0) is 26.9. The van der Waals surface area contributed by atoms with Gasteiger partial charge in [-0.05, 0) is 41.3 Å². The first-order chi connectivity index (χ1) is 18.3. The van der Waals surface area contributed by atoms with Crippen LogP contribution in [0.3, 0.4) is 0 Å². The zero-order valence-corrected chi connectivity index (χ0v) is 23.0. The summed E-state index contributed by atoms with van der Waals surface area (Å²) in [6, 6.07) is 12.1. The molecule has 0 unspecified atom stereocenters. The number of amides is 1. The number of aromatic nitrogens is 2. The van der Waals surface area contributed by atoms with Crippen molar-refractivity contribution in [3.8, 4) is 0 Å². The third-order valence-electron chi connectivity index (χ3n) is 6.49. The highest BCUT2D eigenvalue weighted by Gasteiger charge is 2.39. The number of sulfonamides is 1. The molecule has 10 nitrogen and oxygen atoms in total. The second-order valence-corrected chi connectivity index (χ2v) is 12.7. The van der Waals surface area contributed by atoms with E-state index < -0.39 is 16.1 Å². The summed E-state index contributed by atoms with van der Waals surface area (Å²) in [5.74, 6) is 0.116. The van der Waals surface area contributed by atoms with Gasteiger partial charge in [-0.2, -0.15) is 4.31 Å². The number of anilines is 1. The Morgan fingerprint density at radius 2 is 2.05 bits per heavy atom. The molecule has 1 fully saturated rings. The Hall–Kier alpha value is -2.87. The minimum absolute atomic E-state index is 0.158. The Morgan fingerprint density at radius 1 is 1.21 bits per heavy atom.